The molecule has 45 heavy (non-hydrogen) atoms. The second kappa shape index (κ2) is 13.3. The molecule has 228 valence electrons. The summed E-state index contributed by atoms with van der Waals surface area (Å²) < 4.78 is 94.6. The topological polar surface area (TPSA) is 33.0 Å². The van der Waals surface area contributed by atoms with Crippen molar-refractivity contribution in [1.82, 2.24) is 0 Å². The minimum absolute atomic E-state index is 0.0457. The van der Waals surface area contributed by atoms with Gasteiger partial charge in [0.05, 0.1) is 11.6 Å². The summed E-state index contributed by atoms with van der Waals surface area (Å²) in [5.41, 5.74) is 1.10. The number of rotatable bonds is 10. The maximum atomic E-state index is 15.2. The van der Waals surface area contributed by atoms with Crippen LogP contribution in [0.1, 0.15) is 42.9 Å². The quantitative estimate of drug-likeness (QED) is 0.116. The van der Waals surface area contributed by atoms with E-state index in [2.05, 4.69) is 11.7 Å². The van der Waals surface area contributed by atoms with Crippen LogP contribution in [0.4, 0.5) is 26.3 Å². The molecular weight excluding hydrogens is 588 g/mol. The fraction of sp³-hybridized carbons (Fsp3) is 0.162. The fourth-order valence-electron chi connectivity index (χ4n) is 5.10. The number of halogens is 6. The smallest absolute Gasteiger partial charge is 0.429 e. The summed E-state index contributed by atoms with van der Waals surface area (Å²) in [7, 11) is 0. The van der Waals surface area contributed by atoms with Crippen molar-refractivity contribution in [3.8, 4) is 45.2 Å². The van der Waals surface area contributed by atoms with Crippen LogP contribution in [-0.2, 0) is 12.5 Å². The molecule has 0 radical (unpaired) electrons. The molecule has 5 aromatic carbocycles. The standard InChI is InChI=1S/C37H27F6NO/c1-2-3-4-5-23-6-10-25(11-7-23)27-14-16-31(32(38)18-27)28-19-34(40)36(35(41)20-28)37(42,43)45-29-15-17-30(33(39)21-29)26-12-8-24(22-44)9-13-26/h6-21H,2-5H2,1H3. The van der Waals surface area contributed by atoms with Gasteiger partial charge >= 0.3 is 6.11 Å². The molecule has 0 spiro atoms. The summed E-state index contributed by atoms with van der Waals surface area (Å²) >= 11 is 0. The lowest BCUT2D eigenvalue weighted by Crippen LogP contribution is -2.25. The molecule has 0 aromatic heterocycles. The number of alkyl halides is 2. The van der Waals surface area contributed by atoms with E-state index >= 15 is 22.0 Å². The van der Waals surface area contributed by atoms with E-state index in [1.807, 2.05) is 30.3 Å². The first kappa shape index (κ1) is 31.4. The average molecular weight is 616 g/mol. The zero-order valence-electron chi connectivity index (χ0n) is 24.2. The SMILES string of the molecule is CCCCCc1ccc(-c2ccc(-c3cc(F)c(C(F)(F)Oc4ccc(-c5ccc(C#N)cc5)c(F)c4)c(F)c3)c(F)c2)cc1. The number of benzene rings is 5. The lowest BCUT2D eigenvalue weighted by Gasteiger charge is -2.20. The van der Waals surface area contributed by atoms with Crippen LogP contribution in [0.5, 0.6) is 5.75 Å². The average Bonchev–Trinajstić information content (AvgIpc) is 3.01. The summed E-state index contributed by atoms with van der Waals surface area (Å²) in [4.78, 5) is 0. The molecule has 8 heteroatoms. The van der Waals surface area contributed by atoms with E-state index in [1.165, 1.54) is 48.0 Å². The van der Waals surface area contributed by atoms with Crippen LogP contribution >= 0.6 is 0 Å². The van der Waals surface area contributed by atoms with Crippen molar-refractivity contribution >= 4 is 0 Å². The van der Waals surface area contributed by atoms with Gasteiger partial charge in [0.1, 0.15) is 34.6 Å². The van der Waals surface area contributed by atoms with Crippen molar-refractivity contribution in [1.29, 1.82) is 5.26 Å². The Hall–Kier alpha value is -5.03. The molecule has 0 saturated carbocycles. The van der Waals surface area contributed by atoms with Crippen molar-refractivity contribution in [3.05, 3.63) is 137 Å². The number of hydrogen-bond donors (Lipinski definition) is 0. The molecule has 0 heterocycles. The van der Waals surface area contributed by atoms with Crippen LogP contribution in [-0.4, -0.2) is 0 Å². The van der Waals surface area contributed by atoms with Gasteiger partial charge in [0.25, 0.3) is 0 Å². The second-order valence-electron chi connectivity index (χ2n) is 10.6. The highest BCUT2D eigenvalue weighted by molar-refractivity contribution is 5.72. The molecule has 0 saturated heterocycles. The molecule has 0 aliphatic carbocycles. The number of aryl methyl sites for hydroxylation is 1. The number of unbranched alkanes of at least 4 members (excludes halogenated alkanes) is 2. The molecule has 0 bridgehead atoms. The van der Waals surface area contributed by atoms with E-state index in [-0.39, 0.29) is 16.7 Å². The maximum Gasteiger partial charge on any atom is 0.432 e. The van der Waals surface area contributed by atoms with Crippen molar-refractivity contribution in [2.75, 3.05) is 0 Å². The van der Waals surface area contributed by atoms with E-state index in [0.29, 0.717) is 34.9 Å². The normalized spacial score (nSPS) is 11.3. The van der Waals surface area contributed by atoms with Gasteiger partial charge in [0.2, 0.25) is 0 Å². The fourth-order valence-corrected chi connectivity index (χ4v) is 5.10. The van der Waals surface area contributed by atoms with Gasteiger partial charge in [-0.05, 0) is 83.1 Å². The Balaban J connectivity index is 1.35. The highest BCUT2D eigenvalue weighted by atomic mass is 19.3. The first-order valence-corrected chi connectivity index (χ1v) is 14.3. The van der Waals surface area contributed by atoms with Crippen LogP contribution in [0.3, 0.4) is 0 Å². The summed E-state index contributed by atoms with van der Waals surface area (Å²) in [6.07, 6.45) is -0.246. The third-order valence-electron chi connectivity index (χ3n) is 7.48. The lowest BCUT2D eigenvalue weighted by atomic mass is 9.97. The molecule has 5 aromatic rings. The summed E-state index contributed by atoms with van der Waals surface area (Å²) in [5.74, 6) is -5.70. The minimum Gasteiger partial charge on any atom is -0.429 e. The van der Waals surface area contributed by atoms with Gasteiger partial charge in [-0.15, -0.1) is 0 Å². The Morgan fingerprint density at radius 1 is 0.622 bits per heavy atom. The highest BCUT2D eigenvalue weighted by Gasteiger charge is 2.41. The Morgan fingerprint density at radius 3 is 1.78 bits per heavy atom. The number of ether oxygens (including phenoxy) is 1. The zero-order valence-corrected chi connectivity index (χ0v) is 24.2. The minimum atomic E-state index is -4.53. The van der Waals surface area contributed by atoms with Crippen molar-refractivity contribution in [2.24, 2.45) is 0 Å². The monoisotopic (exact) mass is 615 g/mol. The Kier molecular flexibility index (Phi) is 9.29. The van der Waals surface area contributed by atoms with E-state index in [0.717, 1.165) is 37.3 Å². The van der Waals surface area contributed by atoms with Gasteiger partial charge in [0.15, 0.2) is 0 Å². The van der Waals surface area contributed by atoms with Crippen LogP contribution in [0, 0.1) is 34.6 Å². The van der Waals surface area contributed by atoms with Crippen LogP contribution in [0.25, 0.3) is 33.4 Å². The predicted molar refractivity (Wildman–Crippen MR) is 161 cm³/mol. The maximum absolute atomic E-state index is 15.2. The molecule has 0 fully saturated rings. The van der Waals surface area contributed by atoms with E-state index in [9.17, 15) is 4.39 Å². The van der Waals surface area contributed by atoms with Gasteiger partial charge in [-0.3, -0.25) is 0 Å². The van der Waals surface area contributed by atoms with E-state index in [1.54, 1.807) is 6.07 Å². The molecule has 2 nitrogen and oxygen atoms in total. The van der Waals surface area contributed by atoms with Gasteiger partial charge in [-0.25, -0.2) is 17.6 Å². The summed E-state index contributed by atoms with van der Waals surface area (Å²) in [6.45, 7) is 2.13. The Morgan fingerprint density at radius 2 is 1.18 bits per heavy atom. The number of nitrogens with zero attached hydrogens (tertiary/aromatic N) is 1. The van der Waals surface area contributed by atoms with Crippen LogP contribution in [0.2, 0.25) is 0 Å². The van der Waals surface area contributed by atoms with Gasteiger partial charge in [-0.1, -0.05) is 68.3 Å². The van der Waals surface area contributed by atoms with Crippen molar-refractivity contribution in [2.45, 2.75) is 38.7 Å². The van der Waals surface area contributed by atoms with Gasteiger partial charge < -0.3 is 4.74 Å². The van der Waals surface area contributed by atoms with E-state index in [4.69, 9.17) is 5.26 Å². The summed E-state index contributed by atoms with van der Waals surface area (Å²) in [6, 6.07) is 23.8. The molecule has 0 unspecified atom stereocenters. The Bertz CT molecular complexity index is 1840. The lowest BCUT2D eigenvalue weighted by molar-refractivity contribution is -0.189. The third-order valence-corrected chi connectivity index (χ3v) is 7.48. The van der Waals surface area contributed by atoms with Crippen molar-refractivity contribution in [3.63, 3.8) is 0 Å². The van der Waals surface area contributed by atoms with Crippen molar-refractivity contribution < 1.29 is 31.1 Å². The van der Waals surface area contributed by atoms with Gasteiger partial charge in [-0.2, -0.15) is 14.0 Å². The number of hydrogen-bond acceptors (Lipinski definition) is 2. The van der Waals surface area contributed by atoms with E-state index < -0.39 is 40.7 Å². The van der Waals surface area contributed by atoms with Gasteiger partial charge in [0, 0.05) is 17.2 Å². The van der Waals surface area contributed by atoms with Crippen LogP contribution < -0.4 is 4.74 Å². The zero-order chi connectivity index (χ0) is 32.1. The first-order valence-electron chi connectivity index (χ1n) is 14.3. The largest absolute Gasteiger partial charge is 0.432 e. The molecule has 5 rings (SSSR count). The van der Waals surface area contributed by atoms with Crippen LogP contribution in [0.15, 0.2) is 97.1 Å². The third kappa shape index (κ3) is 7.04. The predicted octanol–water partition coefficient (Wildman–Crippen LogP) is 11.0. The second-order valence-corrected chi connectivity index (χ2v) is 10.6. The molecule has 0 aliphatic rings. The molecule has 0 aliphatic heterocycles. The Labute approximate surface area is 257 Å². The molecule has 0 amide bonds. The highest BCUT2D eigenvalue weighted by Crippen LogP contribution is 2.39. The first-order chi connectivity index (χ1) is 21.6. The molecule has 0 N–H and O–H groups in total. The summed E-state index contributed by atoms with van der Waals surface area (Å²) in [5, 5.41) is 8.92. The number of nitriles is 1. The molecule has 0 atom stereocenters. The molecular formula is C37H27F6NO.